The Labute approximate surface area is 113 Å². The Morgan fingerprint density at radius 3 is 2.60 bits per heavy atom. The SMILES string of the molecule is CCOC(=O)c1cn(CC)c2cc(F)cc(F)c2c1=O. The molecule has 0 radical (unpaired) electrons. The second-order valence-corrected chi connectivity index (χ2v) is 4.16. The molecular weight excluding hydrogens is 268 g/mol. The number of benzene rings is 1. The molecule has 0 amide bonds. The zero-order chi connectivity index (χ0) is 14.9. The van der Waals surface area contributed by atoms with E-state index in [1.54, 1.807) is 13.8 Å². The highest BCUT2D eigenvalue weighted by Gasteiger charge is 2.19. The topological polar surface area (TPSA) is 48.3 Å². The first-order chi connectivity index (χ1) is 9.49. The predicted molar refractivity (Wildman–Crippen MR) is 69.8 cm³/mol. The van der Waals surface area contributed by atoms with Crippen molar-refractivity contribution in [2.24, 2.45) is 0 Å². The Hall–Kier alpha value is -2.24. The molecule has 0 aliphatic heterocycles. The van der Waals surface area contributed by atoms with Crippen molar-refractivity contribution in [1.82, 2.24) is 4.57 Å². The lowest BCUT2D eigenvalue weighted by Gasteiger charge is -2.11. The number of carbonyl (C=O) groups excluding carboxylic acids is 1. The maximum atomic E-state index is 13.8. The van der Waals surface area contributed by atoms with E-state index in [1.165, 1.54) is 10.8 Å². The molecule has 2 rings (SSSR count). The molecule has 0 bridgehead atoms. The molecule has 0 spiro atoms. The Balaban J connectivity index is 2.85. The highest BCUT2D eigenvalue weighted by molar-refractivity contribution is 5.93. The van der Waals surface area contributed by atoms with E-state index in [-0.39, 0.29) is 23.1 Å². The van der Waals surface area contributed by atoms with Gasteiger partial charge in [0.05, 0.1) is 17.5 Å². The van der Waals surface area contributed by atoms with Gasteiger partial charge < -0.3 is 9.30 Å². The van der Waals surface area contributed by atoms with Gasteiger partial charge in [-0.05, 0) is 19.9 Å². The van der Waals surface area contributed by atoms with Gasteiger partial charge in [-0.1, -0.05) is 0 Å². The third-order valence-electron chi connectivity index (χ3n) is 2.94. The van der Waals surface area contributed by atoms with Gasteiger partial charge in [0.15, 0.2) is 0 Å². The fraction of sp³-hybridized carbons (Fsp3) is 0.286. The molecule has 4 nitrogen and oxygen atoms in total. The lowest BCUT2D eigenvalue weighted by molar-refractivity contribution is 0.0524. The van der Waals surface area contributed by atoms with Crippen LogP contribution in [0.3, 0.4) is 0 Å². The number of halogens is 2. The maximum absolute atomic E-state index is 13.8. The number of fused-ring (bicyclic) bond motifs is 1. The molecule has 0 unspecified atom stereocenters. The highest BCUT2D eigenvalue weighted by atomic mass is 19.1. The standard InChI is InChI=1S/C14H13F2NO3/c1-3-17-7-9(14(19)20-4-2)13(18)12-10(16)5-8(15)6-11(12)17/h5-7H,3-4H2,1-2H3. The summed E-state index contributed by atoms with van der Waals surface area (Å²) in [5.74, 6) is -2.58. The summed E-state index contributed by atoms with van der Waals surface area (Å²) in [7, 11) is 0. The molecule has 0 aliphatic rings. The molecule has 6 heteroatoms. The van der Waals surface area contributed by atoms with Gasteiger partial charge >= 0.3 is 5.97 Å². The molecule has 0 saturated heterocycles. The van der Waals surface area contributed by atoms with Crippen molar-refractivity contribution < 1.29 is 18.3 Å². The van der Waals surface area contributed by atoms with Gasteiger partial charge in [0.2, 0.25) is 5.43 Å². The number of esters is 1. The number of ether oxygens (including phenoxy) is 1. The van der Waals surface area contributed by atoms with E-state index in [4.69, 9.17) is 4.74 Å². The number of hydrogen-bond donors (Lipinski definition) is 0. The molecule has 0 fully saturated rings. The number of nitrogens with zero attached hydrogens (tertiary/aromatic N) is 1. The Bertz CT molecular complexity index is 737. The average molecular weight is 281 g/mol. The first-order valence-electron chi connectivity index (χ1n) is 6.18. The summed E-state index contributed by atoms with van der Waals surface area (Å²) >= 11 is 0. The number of hydrogen-bond acceptors (Lipinski definition) is 3. The minimum Gasteiger partial charge on any atom is -0.462 e. The van der Waals surface area contributed by atoms with Crippen LogP contribution in [0.5, 0.6) is 0 Å². The normalized spacial score (nSPS) is 10.8. The van der Waals surface area contributed by atoms with Crippen molar-refractivity contribution in [2.45, 2.75) is 20.4 Å². The van der Waals surface area contributed by atoms with Crippen molar-refractivity contribution in [2.75, 3.05) is 6.61 Å². The summed E-state index contributed by atoms with van der Waals surface area (Å²) in [4.78, 5) is 23.9. The summed E-state index contributed by atoms with van der Waals surface area (Å²) < 4.78 is 33.3. The maximum Gasteiger partial charge on any atom is 0.343 e. The van der Waals surface area contributed by atoms with E-state index in [9.17, 15) is 18.4 Å². The Morgan fingerprint density at radius 1 is 1.30 bits per heavy atom. The largest absolute Gasteiger partial charge is 0.462 e. The van der Waals surface area contributed by atoms with Gasteiger partial charge in [-0.3, -0.25) is 4.79 Å². The second kappa shape index (κ2) is 5.40. The fourth-order valence-corrected chi connectivity index (χ4v) is 2.05. The van der Waals surface area contributed by atoms with Gasteiger partial charge in [0, 0.05) is 18.8 Å². The molecule has 2 aromatic rings. The van der Waals surface area contributed by atoms with Gasteiger partial charge in [0.1, 0.15) is 17.2 Å². The number of aromatic nitrogens is 1. The third-order valence-corrected chi connectivity index (χ3v) is 2.94. The van der Waals surface area contributed by atoms with E-state index < -0.39 is 23.0 Å². The van der Waals surface area contributed by atoms with Crippen LogP contribution in [0.2, 0.25) is 0 Å². The van der Waals surface area contributed by atoms with Gasteiger partial charge in [-0.25, -0.2) is 13.6 Å². The summed E-state index contributed by atoms with van der Waals surface area (Å²) in [5.41, 5.74) is -0.935. The zero-order valence-electron chi connectivity index (χ0n) is 11.1. The van der Waals surface area contributed by atoms with Crippen LogP contribution in [-0.4, -0.2) is 17.1 Å². The predicted octanol–water partition coefficient (Wildman–Crippen LogP) is 2.48. The quantitative estimate of drug-likeness (QED) is 0.812. The first-order valence-corrected chi connectivity index (χ1v) is 6.18. The first kappa shape index (κ1) is 14.2. The van der Waals surface area contributed by atoms with Crippen LogP contribution in [0.25, 0.3) is 10.9 Å². The van der Waals surface area contributed by atoms with Crippen molar-refractivity contribution >= 4 is 16.9 Å². The lowest BCUT2D eigenvalue weighted by atomic mass is 10.1. The lowest BCUT2D eigenvalue weighted by Crippen LogP contribution is -2.21. The smallest absolute Gasteiger partial charge is 0.343 e. The second-order valence-electron chi connectivity index (χ2n) is 4.16. The number of rotatable bonds is 3. The third kappa shape index (κ3) is 2.29. The summed E-state index contributed by atoms with van der Waals surface area (Å²) in [6, 6.07) is 1.69. The van der Waals surface area contributed by atoms with Crippen LogP contribution in [0.4, 0.5) is 8.78 Å². The van der Waals surface area contributed by atoms with Crippen LogP contribution in [0.15, 0.2) is 23.1 Å². The van der Waals surface area contributed by atoms with E-state index in [1.807, 2.05) is 0 Å². The van der Waals surface area contributed by atoms with Gasteiger partial charge in [0.25, 0.3) is 0 Å². The minimum absolute atomic E-state index is 0.105. The molecule has 1 aromatic heterocycles. The number of pyridine rings is 1. The van der Waals surface area contributed by atoms with Crippen LogP contribution >= 0.6 is 0 Å². The zero-order valence-corrected chi connectivity index (χ0v) is 11.1. The van der Waals surface area contributed by atoms with Crippen molar-refractivity contribution in [3.63, 3.8) is 0 Å². The van der Waals surface area contributed by atoms with Crippen molar-refractivity contribution in [3.8, 4) is 0 Å². The number of aryl methyl sites for hydroxylation is 1. The summed E-state index contributed by atoms with van der Waals surface area (Å²) in [6.07, 6.45) is 1.27. The van der Waals surface area contributed by atoms with E-state index in [0.29, 0.717) is 12.6 Å². The van der Waals surface area contributed by atoms with Crippen LogP contribution in [0.1, 0.15) is 24.2 Å². The monoisotopic (exact) mass is 281 g/mol. The molecule has 0 aliphatic carbocycles. The summed E-state index contributed by atoms with van der Waals surface area (Å²) in [6.45, 7) is 3.80. The highest BCUT2D eigenvalue weighted by Crippen LogP contribution is 2.18. The molecule has 0 N–H and O–H groups in total. The van der Waals surface area contributed by atoms with Gasteiger partial charge in [-0.2, -0.15) is 0 Å². The average Bonchev–Trinajstić information content (AvgIpc) is 2.38. The van der Waals surface area contributed by atoms with Crippen molar-refractivity contribution in [3.05, 3.63) is 45.8 Å². The molecule has 1 aromatic carbocycles. The molecule has 0 saturated carbocycles. The Morgan fingerprint density at radius 2 is 2.00 bits per heavy atom. The molecule has 106 valence electrons. The fourth-order valence-electron chi connectivity index (χ4n) is 2.05. The number of carbonyl (C=O) groups is 1. The van der Waals surface area contributed by atoms with Crippen LogP contribution in [0, 0.1) is 11.6 Å². The van der Waals surface area contributed by atoms with Gasteiger partial charge in [-0.15, -0.1) is 0 Å². The van der Waals surface area contributed by atoms with Crippen LogP contribution < -0.4 is 5.43 Å². The molecular formula is C14H13F2NO3. The summed E-state index contributed by atoms with van der Waals surface area (Å²) in [5, 5.41) is -0.307. The molecule has 0 atom stereocenters. The van der Waals surface area contributed by atoms with Crippen LogP contribution in [-0.2, 0) is 11.3 Å². The molecule has 20 heavy (non-hydrogen) atoms. The van der Waals surface area contributed by atoms with E-state index in [2.05, 4.69) is 0 Å². The molecule has 1 heterocycles. The van der Waals surface area contributed by atoms with E-state index in [0.717, 1.165) is 6.07 Å². The van der Waals surface area contributed by atoms with E-state index >= 15 is 0 Å². The minimum atomic E-state index is -0.988. The Kier molecular flexibility index (Phi) is 3.83. The van der Waals surface area contributed by atoms with Crippen molar-refractivity contribution in [1.29, 1.82) is 0 Å².